The van der Waals surface area contributed by atoms with Crippen LogP contribution in [-0.2, 0) is 12.8 Å². The van der Waals surface area contributed by atoms with Crippen LogP contribution in [0.25, 0.3) is 0 Å². The van der Waals surface area contributed by atoms with Crippen LogP contribution in [0.1, 0.15) is 30.8 Å². The van der Waals surface area contributed by atoms with E-state index in [-0.39, 0.29) is 0 Å². The second-order valence-electron chi connectivity index (χ2n) is 6.72. The van der Waals surface area contributed by atoms with Crippen molar-refractivity contribution in [3.8, 4) is 0 Å². The van der Waals surface area contributed by atoms with Crippen molar-refractivity contribution in [3.63, 3.8) is 0 Å². The van der Waals surface area contributed by atoms with E-state index in [4.69, 9.17) is 4.98 Å². The van der Waals surface area contributed by atoms with E-state index in [0.29, 0.717) is 11.8 Å². The quantitative estimate of drug-likeness (QED) is 0.758. The first-order valence-electron chi connectivity index (χ1n) is 8.28. The Hall–Kier alpha value is -2.36. The van der Waals surface area contributed by atoms with Crippen molar-refractivity contribution < 1.29 is 4.58 Å². The maximum absolute atomic E-state index is 4.90. The van der Waals surface area contributed by atoms with Crippen LogP contribution < -0.4 is 0 Å². The van der Waals surface area contributed by atoms with E-state index in [9.17, 15) is 0 Å². The highest BCUT2D eigenvalue weighted by molar-refractivity contribution is 5.78. The van der Waals surface area contributed by atoms with Crippen LogP contribution in [0.3, 0.4) is 0 Å². The lowest BCUT2D eigenvalue weighted by atomic mass is 10.0. The molecule has 0 fully saturated rings. The summed E-state index contributed by atoms with van der Waals surface area (Å²) in [5, 5.41) is 0. The molecule has 2 aliphatic heterocycles. The summed E-state index contributed by atoms with van der Waals surface area (Å²) in [4.78, 5) is 13.9. The number of hydrogen-bond donors (Lipinski definition) is 0. The summed E-state index contributed by atoms with van der Waals surface area (Å²) in [5.74, 6) is 2.01. The molecular formula is C19H21N4+. The van der Waals surface area contributed by atoms with E-state index < -0.39 is 0 Å². The highest BCUT2D eigenvalue weighted by atomic mass is 15.1. The SMILES string of the molecule is CC1C=Nc2ccc([N+]3=Cc4cccnc4CC(C)C3)nc2C1. The summed E-state index contributed by atoms with van der Waals surface area (Å²) < 4.78 is 2.27. The maximum Gasteiger partial charge on any atom is 0.323 e. The van der Waals surface area contributed by atoms with Gasteiger partial charge in [0.2, 0.25) is 0 Å². The van der Waals surface area contributed by atoms with Gasteiger partial charge in [0, 0.05) is 30.5 Å². The Balaban J connectivity index is 1.77. The molecule has 0 saturated carbocycles. The molecule has 2 aliphatic rings. The molecule has 0 aromatic carbocycles. The molecule has 2 atom stereocenters. The second kappa shape index (κ2) is 5.69. The molecule has 2 aromatic rings. The predicted octanol–water partition coefficient (Wildman–Crippen LogP) is 3.33. The molecule has 0 amide bonds. The first-order chi connectivity index (χ1) is 11.2. The molecular weight excluding hydrogens is 284 g/mol. The Bertz CT molecular complexity index is 807. The number of pyridine rings is 2. The third-order valence-electron chi connectivity index (χ3n) is 4.48. The molecule has 4 heterocycles. The normalized spacial score (nSPS) is 22.8. The zero-order valence-corrected chi connectivity index (χ0v) is 13.6. The third kappa shape index (κ3) is 2.81. The molecule has 0 radical (unpaired) electrons. The van der Waals surface area contributed by atoms with Gasteiger partial charge in [-0.3, -0.25) is 9.98 Å². The summed E-state index contributed by atoms with van der Waals surface area (Å²) >= 11 is 0. The number of nitrogens with zero attached hydrogens (tertiary/aromatic N) is 4. The van der Waals surface area contributed by atoms with Crippen molar-refractivity contribution in [2.45, 2.75) is 26.7 Å². The third-order valence-corrected chi connectivity index (χ3v) is 4.48. The Morgan fingerprint density at radius 2 is 2.00 bits per heavy atom. The fourth-order valence-electron chi connectivity index (χ4n) is 3.32. The van der Waals surface area contributed by atoms with Gasteiger partial charge in [-0.1, -0.05) is 13.8 Å². The topological polar surface area (TPSA) is 41.1 Å². The molecule has 0 saturated heterocycles. The fourth-order valence-corrected chi connectivity index (χ4v) is 3.32. The van der Waals surface area contributed by atoms with Gasteiger partial charge >= 0.3 is 5.82 Å². The molecule has 0 aliphatic carbocycles. The van der Waals surface area contributed by atoms with Crippen molar-refractivity contribution in [1.82, 2.24) is 9.97 Å². The van der Waals surface area contributed by atoms with Crippen molar-refractivity contribution in [1.29, 1.82) is 0 Å². The lowest BCUT2D eigenvalue weighted by Gasteiger charge is -2.12. The van der Waals surface area contributed by atoms with Crippen molar-refractivity contribution in [2.75, 3.05) is 6.54 Å². The molecule has 0 bridgehead atoms. The van der Waals surface area contributed by atoms with Crippen molar-refractivity contribution in [2.24, 2.45) is 16.8 Å². The van der Waals surface area contributed by atoms with Gasteiger partial charge in [-0.15, -0.1) is 0 Å². The Morgan fingerprint density at radius 3 is 2.91 bits per heavy atom. The molecule has 0 spiro atoms. The number of fused-ring (bicyclic) bond motifs is 2. The zero-order valence-electron chi connectivity index (χ0n) is 13.6. The molecule has 2 unspecified atom stereocenters. The summed E-state index contributed by atoms with van der Waals surface area (Å²) in [5.41, 5.74) is 4.49. The largest absolute Gasteiger partial charge is 0.323 e. The van der Waals surface area contributed by atoms with Crippen molar-refractivity contribution in [3.05, 3.63) is 47.4 Å². The van der Waals surface area contributed by atoms with Crippen molar-refractivity contribution >= 4 is 23.9 Å². The number of hydrogen-bond acceptors (Lipinski definition) is 3. The van der Waals surface area contributed by atoms with Crippen LogP contribution in [0.5, 0.6) is 0 Å². The van der Waals surface area contributed by atoms with Crippen LogP contribution in [0.15, 0.2) is 35.5 Å². The minimum absolute atomic E-state index is 0.460. The number of aliphatic imine (C=N–C) groups is 1. The van der Waals surface area contributed by atoms with Gasteiger partial charge in [-0.05, 0) is 41.4 Å². The molecule has 0 N–H and O–H groups in total. The maximum atomic E-state index is 4.90. The smallest absolute Gasteiger partial charge is 0.261 e. The van der Waals surface area contributed by atoms with Gasteiger partial charge in [-0.25, -0.2) is 4.58 Å². The van der Waals surface area contributed by atoms with E-state index in [1.165, 1.54) is 11.3 Å². The zero-order chi connectivity index (χ0) is 15.8. The fraction of sp³-hybridized carbons (Fsp3) is 0.368. The first-order valence-corrected chi connectivity index (χ1v) is 8.28. The van der Waals surface area contributed by atoms with Gasteiger partial charge in [0.05, 0.1) is 18.5 Å². The molecule has 4 rings (SSSR count). The number of rotatable bonds is 1. The van der Waals surface area contributed by atoms with E-state index in [1.807, 2.05) is 18.5 Å². The lowest BCUT2D eigenvalue weighted by molar-refractivity contribution is -0.446. The molecule has 4 nitrogen and oxygen atoms in total. The Labute approximate surface area is 136 Å². The van der Waals surface area contributed by atoms with Gasteiger partial charge in [-0.2, -0.15) is 0 Å². The Kier molecular flexibility index (Phi) is 3.52. The van der Waals surface area contributed by atoms with E-state index in [1.54, 1.807) is 0 Å². The minimum atomic E-state index is 0.460. The summed E-state index contributed by atoms with van der Waals surface area (Å²) in [7, 11) is 0. The minimum Gasteiger partial charge on any atom is -0.261 e. The van der Waals surface area contributed by atoms with Gasteiger partial charge < -0.3 is 0 Å². The van der Waals surface area contributed by atoms with Gasteiger partial charge in [0.1, 0.15) is 5.69 Å². The average molecular weight is 305 g/mol. The van der Waals surface area contributed by atoms with E-state index in [0.717, 1.165) is 36.6 Å². The summed E-state index contributed by atoms with van der Waals surface area (Å²) in [6.07, 6.45) is 8.07. The predicted molar refractivity (Wildman–Crippen MR) is 92.3 cm³/mol. The van der Waals surface area contributed by atoms with E-state index >= 15 is 0 Å². The summed E-state index contributed by atoms with van der Waals surface area (Å²) in [6.45, 7) is 5.42. The molecule has 23 heavy (non-hydrogen) atoms. The standard InChI is InChI=1S/C19H21N4/c1-13-8-18-16(21-10-13)5-6-19(22-18)23-11-14(2)9-17-15(12-23)4-3-7-20-17/h3-7,10,12-14H,8-9,11H2,1-2H3/q+1. The second-order valence-corrected chi connectivity index (χ2v) is 6.72. The van der Waals surface area contributed by atoms with Crippen LogP contribution in [0, 0.1) is 11.8 Å². The summed E-state index contributed by atoms with van der Waals surface area (Å²) in [6, 6.07) is 8.31. The van der Waals surface area contributed by atoms with Crippen LogP contribution in [0.4, 0.5) is 11.5 Å². The van der Waals surface area contributed by atoms with Gasteiger partial charge in [0.25, 0.3) is 0 Å². The van der Waals surface area contributed by atoms with Crippen LogP contribution >= 0.6 is 0 Å². The first kappa shape index (κ1) is 14.2. The van der Waals surface area contributed by atoms with E-state index in [2.05, 4.69) is 52.8 Å². The number of aromatic nitrogens is 2. The van der Waals surface area contributed by atoms with Crippen LogP contribution in [0.2, 0.25) is 0 Å². The highest BCUT2D eigenvalue weighted by Gasteiger charge is 2.24. The Morgan fingerprint density at radius 1 is 1.09 bits per heavy atom. The van der Waals surface area contributed by atoms with Crippen LogP contribution in [-0.4, -0.2) is 33.5 Å². The highest BCUT2D eigenvalue weighted by Crippen LogP contribution is 2.27. The molecule has 4 heteroatoms. The lowest BCUT2D eigenvalue weighted by Crippen LogP contribution is -2.17. The monoisotopic (exact) mass is 305 g/mol. The molecule has 116 valence electrons. The molecule has 2 aromatic heterocycles. The average Bonchev–Trinajstić information content (AvgIpc) is 2.72. The van der Waals surface area contributed by atoms with Gasteiger partial charge in [0.15, 0.2) is 5.69 Å².